The minimum Gasteiger partial charge on any atom is -0.378 e. The lowest BCUT2D eigenvalue weighted by Crippen LogP contribution is -2.49. The molecule has 9 heteroatoms. The number of morpholine rings is 1. The first-order valence-electron chi connectivity index (χ1n) is 12.0. The monoisotopic (exact) mass is 477 g/mol. The maximum Gasteiger partial charge on any atom is 0.253 e. The number of hydrogen-bond donors (Lipinski definition) is 0. The lowest BCUT2D eigenvalue weighted by molar-refractivity contribution is -0.141. The van der Waals surface area contributed by atoms with Crippen LogP contribution in [0.1, 0.15) is 43.5 Å². The summed E-state index contributed by atoms with van der Waals surface area (Å²) in [5, 5.41) is 0. The summed E-state index contributed by atoms with van der Waals surface area (Å²) < 4.78 is 33.5. The molecule has 3 aliphatic rings. The first kappa shape index (κ1) is 24.2. The zero-order valence-electron chi connectivity index (χ0n) is 19.6. The fraction of sp³-hybridized carbons (Fsp3) is 0.667. The summed E-state index contributed by atoms with van der Waals surface area (Å²) in [6, 6.07) is 6.36. The SMILES string of the molecule is CC1CC(C)CN(S(=O)(=O)c2cccc(C(=O)N3CCCC(C(=O)N4CCOCC4)C3)c2)C1. The number of benzene rings is 1. The predicted octanol–water partition coefficient (Wildman–Crippen LogP) is 2.06. The topological polar surface area (TPSA) is 87.2 Å². The first-order valence-corrected chi connectivity index (χ1v) is 13.5. The Bertz CT molecular complexity index is 966. The summed E-state index contributed by atoms with van der Waals surface area (Å²) in [4.78, 5) is 29.9. The summed E-state index contributed by atoms with van der Waals surface area (Å²) in [5.74, 6) is 0.265. The van der Waals surface area contributed by atoms with Gasteiger partial charge >= 0.3 is 0 Å². The number of piperidine rings is 2. The van der Waals surface area contributed by atoms with Crippen molar-refractivity contribution in [2.24, 2.45) is 17.8 Å². The Labute approximate surface area is 196 Å². The molecule has 3 saturated heterocycles. The minimum absolute atomic E-state index is 0.0838. The second kappa shape index (κ2) is 10.1. The van der Waals surface area contributed by atoms with E-state index in [1.807, 2.05) is 4.90 Å². The van der Waals surface area contributed by atoms with Gasteiger partial charge in [-0.25, -0.2) is 8.42 Å². The summed E-state index contributed by atoms with van der Waals surface area (Å²) >= 11 is 0. The van der Waals surface area contributed by atoms with Crippen LogP contribution < -0.4 is 0 Å². The van der Waals surface area contributed by atoms with Gasteiger partial charge in [-0.2, -0.15) is 4.31 Å². The highest BCUT2D eigenvalue weighted by atomic mass is 32.2. The molecule has 3 unspecified atom stereocenters. The van der Waals surface area contributed by atoms with Crippen molar-refractivity contribution in [3.8, 4) is 0 Å². The lowest BCUT2D eigenvalue weighted by atomic mass is 9.94. The average molecular weight is 478 g/mol. The van der Waals surface area contributed by atoms with Crippen molar-refractivity contribution in [3.05, 3.63) is 29.8 Å². The second-order valence-corrected chi connectivity index (χ2v) is 11.8. The highest BCUT2D eigenvalue weighted by molar-refractivity contribution is 7.89. The summed E-state index contributed by atoms with van der Waals surface area (Å²) in [6.45, 7) is 8.38. The van der Waals surface area contributed by atoms with Gasteiger partial charge in [0.15, 0.2) is 0 Å². The van der Waals surface area contributed by atoms with Crippen LogP contribution in [0.5, 0.6) is 0 Å². The fourth-order valence-corrected chi connectivity index (χ4v) is 7.05. The highest BCUT2D eigenvalue weighted by Crippen LogP contribution is 2.28. The maximum absolute atomic E-state index is 13.3. The number of ether oxygens (including phenoxy) is 1. The largest absolute Gasteiger partial charge is 0.378 e. The number of rotatable bonds is 4. The molecule has 0 aromatic heterocycles. The Balaban J connectivity index is 1.47. The van der Waals surface area contributed by atoms with E-state index in [4.69, 9.17) is 4.74 Å². The van der Waals surface area contributed by atoms with E-state index in [1.165, 1.54) is 6.07 Å². The van der Waals surface area contributed by atoms with Crippen molar-refractivity contribution >= 4 is 21.8 Å². The Morgan fingerprint density at radius 2 is 1.67 bits per heavy atom. The molecular formula is C24H35N3O5S. The van der Waals surface area contributed by atoms with E-state index in [2.05, 4.69) is 13.8 Å². The van der Waals surface area contributed by atoms with Gasteiger partial charge in [-0.3, -0.25) is 9.59 Å². The third-order valence-corrected chi connectivity index (χ3v) is 8.76. The number of carbonyl (C=O) groups excluding carboxylic acids is 2. The van der Waals surface area contributed by atoms with Crippen molar-refractivity contribution in [1.29, 1.82) is 0 Å². The molecule has 0 aliphatic carbocycles. The molecule has 0 radical (unpaired) electrons. The third-order valence-electron chi connectivity index (χ3n) is 6.93. The van der Waals surface area contributed by atoms with Gasteiger partial charge in [0.25, 0.3) is 5.91 Å². The molecule has 0 N–H and O–H groups in total. The zero-order valence-corrected chi connectivity index (χ0v) is 20.4. The Morgan fingerprint density at radius 1 is 0.970 bits per heavy atom. The molecule has 0 saturated carbocycles. The van der Waals surface area contributed by atoms with E-state index < -0.39 is 10.0 Å². The van der Waals surface area contributed by atoms with Gasteiger partial charge in [-0.1, -0.05) is 19.9 Å². The van der Waals surface area contributed by atoms with Crippen LogP contribution in [-0.2, 0) is 19.6 Å². The van der Waals surface area contributed by atoms with Gasteiger partial charge < -0.3 is 14.5 Å². The van der Waals surface area contributed by atoms with E-state index in [0.29, 0.717) is 69.9 Å². The molecule has 3 heterocycles. The molecule has 182 valence electrons. The van der Waals surface area contributed by atoms with Crippen LogP contribution in [0.2, 0.25) is 0 Å². The van der Waals surface area contributed by atoms with E-state index in [9.17, 15) is 18.0 Å². The smallest absolute Gasteiger partial charge is 0.253 e. The Kier molecular flexibility index (Phi) is 7.40. The number of amides is 2. The highest BCUT2D eigenvalue weighted by Gasteiger charge is 2.34. The van der Waals surface area contributed by atoms with Crippen LogP contribution in [-0.4, -0.2) is 86.8 Å². The molecule has 2 amide bonds. The zero-order chi connectivity index (χ0) is 23.6. The van der Waals surface area contributed by atoms with Gasteiger partial charge in [0.2, 0.25) is 15.9 Å². The summed E-state index contributed by atoms with van der Waals surface area (Å²) in [7, 11) is -3.66. The van der Waals surface area contributed by atoms with Crippen molar-refractivity contribution in [3.63, 3.8) is 0 Å². The fourth-order valence-electron chi connectivity index (χ4n) is 5.33. The molecule has 4 rings (SSSR count). The molecule has 3 fully saturated rings. The van der Waals surface area contributed by atoms with E-state index in [1.54, 1.807) is 27.4 Å². The lowest BCUT2D eigenvalue weighted by Gasteiger charge is -2.36. The van der Waals surface area contributed by atoms with Gasteiger partial charge in [0.05, 0.1) is 24.0 Å². The summed E-state index contributed by atoms with van der Waals surface area (Å²) in [6.07, 6.45) is 2.54. The average Bonchev–Trinajstić information content (AvgIpc) is 2.83. The molecule has 0 spiro atoms. The van der Waals surface area contributed by atoms with Crippen LogP contribution >= 0.6 is 0 Å². The van der Waals surface area contributed by atoms with Crippen LogP contribution in [0.15, 0.2) is 29.2 Å². The number of likely N-dealkylation sites (tertiary alicyclic amines) is 1. The number of nitrogens with zero attached hydrogens (tertiary/aromatic N) is 3. The number of hydrogen-bond acceptors (Lipinski definition) is 5. The number of sulfonamides is 1. The van der Waals surface area contributed by atoms with Crippen LogP contribution in [0.4, 0.5) is 0 Å². The predicted molar refractivity (Wildman–Crippen MR) is 124 cm³/mol. The van der Waals surface area contributed by atoms with E-state index in [0.717, 1.165) is 19.3 Å². The van der Waals surface area contributed by atoms with E-state index >= 15 is 0 Å². The molecule has 1 aromatic rings. The van der Waals surface area contributed by atoms with E-state index in [-0.39, 0.29) is 22.6 Å². The van der Waals surface area contributed by atoms with Crippen molar-refractivity contribution in [2.75, 3.05) is 52.5 Å². The van der Waals surface area contributed by atoms with Gasteiger partial charge in [-0.05, 0) is 49.3 Å². The minimum atomic E-state index is -3.66. The maximum atomic E-state index is 13.3. The standard InChI is InChI=1S/C24H35N3O5S/c1-18-13-19(2)16-27(15-18)33(30,31)22-7-3-5-20(14-22)23(28)26-8-4-6-21(17-26)24(29)25-9-11-32-12-10-25/h3,5,7,14,18-19,21H,4,6,8-13,15-17H2,1-2H3. The van der Waals surface area contributed by atoms with Crippen LogP contribution in [0.3, 0.4) is 0 Å². The van der Waals surface area contributed by atoms with Crippen LogP contribution in [0, 0.1) is 17.8 Å². The van der Waals surface area contributed by atoms with Crippen molar-refractivity contribution < 1.29 is 22.7 Å². The molecule has 33 heavy (non-hydrogen) atoms. The Hall–Kier alpha value is -1.97. The molecule has 8 nitrogen and oxygen atoms in total. The summed E-state index contributed by atoms with van der Waals surface area (Å²) in [5.41, 5.74) is 0.355. The third kappa shape index (κ3) is 5.41. The molecule has 3 aliphatic heterocycles. The van der Waals surface area contributed by atoms with Gasteiger partial charge in [-0.15, -0.1) is 0 Å². The number of carbonyl (C=O) groups is 2. The first-order chi connectivity index (χ1) is 15.8. The molecule has 0 bridgehead atoms. The van der Waals surface area contributed by atoms with Crippen LogP contribution in [0.25, 0.3) is 0 Å². The quantitative estimate of drug-likeness (QED) is 0.663. The molecule has 3 atom stereocenters. The van der Waals surface area contributed by atoms with Gasteiger partial charge in [0.1, 0.15) is 0 Å². The van der Waals surface area contributed by atoms with Gasteiger partial charge in [0, 0.05) is 44.8 Å². The molecular weight excluding hydrogens is 442 g/mol. The normalized spacial score (nSPS) is 27.4. The Morgan fingerprint density at radius 3 is 2.36 bits per heavy atom. The van der Waals surface area contributed by atoms with Crippen molar-refractivity contribution in [1.82, 2.24) is 14.1 Å². The second-order valence-electron chi connectivity index (χ2n) is 9.82. The molecule has 1 aromatic carbocycles. The van der Waals surface area contributed by atoms with Crippen molar-refractivity contribution in [2.45, 2.75) is 38.0 Å².